The van der Waals surface area contributed by atoms with E-state index in [-0.39, 0.29) is 17.4 Å². The van der Waals surface area contributed by atoms with Crippen molar-refractivity contribution in [1.29, 1.82) is 5.26 Å². The van der Waals surface area contributed by atoms with E-state index in [9.17, 15) is 4.79 Å². The molecule has 70 valence electrons. The van der Waals surface area contributed by atoms with E-state index in [1.807, 2.05) is 13.8 Å². The van der Waals surface area contributed by atoms with Gasteiger partial charge in [0.2, 0.25) is 5.91 Å². The smallest absolute Gasteiger partial charge is 0.224 e. The van der Waals surface area contributed by atoms with Crippen LogP contribution >= 0.6 is 0 Å². The van der Waals surface area contributed by atoms with E-state index >= 15 is 0 Å². The number of carbonyl (C=O) groups is 1. The molecular weight excluding hydrogens is 164 g/mol. The Hall–Kier alpha value is -1.30. The van der Waals surface area contributed by atoms with Crippen molar-refractivity contribution in [2.75, 3.05) is 6.54 Å². The van der Waals surface area contributed by atoms with Crippen molar-refractivity contribution < 1.29 is 4.79 Å². The Morgan fingerprint density at radius 2 is 2.46 bits per heavy atom. The Morgan fingerprint density at radius 1 is 1.85 bits per heavy atom. The standard InChI is InChI=1S/C10H14N2O/c1-4-5-12-9(13)6-8(7-11)10(12,2)3/h4,8H,1,5-6H2,2-3H3. The number of hydrogen-bond donors (Lipinski definition) is 0. The third-order valence-electron chi connectivity index (χ3n) is 2.70. The summed E-state index contributed by atoms with van der Waals surface area (Å²) in [6, 6.07) is 2.18. The van der Waals surface area contributed by atoms with Crippen molar-refractivity contribution in [2.45, 2.75) is 25.8 Å². The molecule has 0 radical (unpaired) electrons. The van der Waals surface area contributed by atoms with Gasteiger partial charge in [0, 0.05) is 13.0 Å². The summed E-state index contributed by atoms with van der Waals surface area (Å²) in [5.74, 6) is -0.142. The normalized spacial score (nSPS) is 25.8. The van der Waals surface area contributed by atoms with Gasteiger partial charge in [0.15, 0.2) is 0 Å². The molecule has 1 rings (SSSR count). The Bertz CT molecular complexity index is 275. The van der Waals surface area contributed by atoms with Crippen molar-refractivity contribution in [2.24, 2.45) is 5.92 Å². The summed E-state index contributed by atoms with van der Waals surface area (Å²) < 4.78 is 0. The van der Waals surface area contributed by atoms with Crippen molar-refractivity contribution in [3.8, 4) is 6.07 Å². The third-order valence-corrected chi connectivity index (χ3v) is 2.70. The lowest BCUT2D eigenvalue weighted by Crippen LogP contribution is -2.43. The molecule has 1 heterocycles. The van der Waals surface area contributed by atoms with Gasteiger partial charge < -0.3 is 4.90 Å². The summed E-state index contributed by atoms with van der Waals surface area (Å²) in [4.78, 5) is 13.2. The first-order valence-corrected chi connectivity index (χ1v) is 4.35. The van der Waals surface area contributed by atoms with Crippen molar-refractivity contribution in [3.05, 3.63) is 12.7 Å². The summed E-state index contributed by atoms with van der Waals surface area (Å²) in [5.41, 5.74) is -0.347. The van der Waals surface area contributed by atoms with Crippen LogP contribution < -0.4 is 0 Å². The first-order chi connectivity index (χ1) is 6.04. The molecule has 1 amide bonds. The Balaban J connectivity index is 2.91. The first kappa shape index (κ1) is 9.79. The minimum Gasteiger partial charge on any atom is -0.332 e. The molecule has 3 heteroatoms. The van der Waals surface area contributed by atoms with Crippen molar-refractivity contribution >= 4 is 5.91 Å². The van der Waals surface area contributed by atoms with E-state index in [4.69, 9.17) is 5.26 Å². The van der Waals surface area contributed by atoms with Gasteiger partial charge >= 0.3 is 0 Å². The third kappa shape index (κ3) is 1.44. The maximum absolute atomic E-state index is 11.5. The van der Waals surface area contributed by atoms with Crippen LogP contribution in [0, 0.1) is 17.2 Å². The zero-order chi connectivity index (χ0) is 10.1. The van der Waals surface area contributed by atoms with Crippen LogP contribution in [0.3, 0.4) is 0 Å². The predicted molar refractivity (Wildman–Crippen MR) is 49.7 cm³/mol. The molecule has 0 spiro atoms. The summed E-state index contributed by atoms with van der Waals surface area (Å²) in [6.45, 7) is 7.98. The van der Waals surface area contributed by atoms with Gasteiger partial charge in [-0.3, -0.25) is 4.79 Å². The van der Waals surface area contributed by atoms with Gasteiger partial charge in [-0.05, 0) is 13.8 Å². The van der Waals surface area contributed by atoms with Crippen LogP contribution in [0.5, 0.6) is 0 Å². The molecule has 13 heavy (non-hydrogen) atoms. The minimum atomic E-state index is -0.347. The highest BCUT2D eigenvalue weighted by molar-refractivity contribution is 5.80. The molecular formula is C10H14N2O. The van der Waals surface area contributed by atoms with E-state index in [1.54, 1.807) is 11.0 Å². The van der Waals surface area contributed by atoms with Gasteiger partial charge in [-0.2, -0.15) is 5.26 Å². The summed E-state index contributed by atoms with van der Waals surface area (Å²) in [5, 5.41) is 8.85. The first-order valence-electron chi connectivity index (χ1n) is 4.35. The number of nitrogens with zero attached hydrogens (tertiary/aromatic N) is 2. The molecule has 0 bridgehead atoms. The molecule has 3 nitrogen and oxygen atoms in total. The van der Waals surface area contributed by atoms with Gasteiger partial charge in [-0.1, -0.05) is 6.08 Å². The minimum absolute atomic E-state index is 0.0523. The molecule has 0 aromatic rings. The van der Waals surface area contributed by atoms with Crippen LogP contribution in [0.4, 0.5) is 0 Å². The fourth-order valence-corrected chi connectivity index (χ4v) is 1.71. The second-order valence-electron chi connectivity index (χ2n) is 3.83. The molecule has 1 fully saturated rings. The Kier molecular flexibility index (Phi) is 2.42. The topological polar surface area (TPSA) is 44.1 Å². The van der Waals surface area contributed by atoms with E-state index in [0.29, 0.717) is 13.0 Å². The Labute approximate surface area is 78.6 Å². The number of hydrogen-bond acceptors (Lipinski definition) is 2. The fraction of sp³-hybridized carbons (Fsp3) is 0.600. The molecule has 1 aliphatic rings. The highest BCUT2D eigenvalue weighted by Crippen LogP contribution is 2.34. The van der Waals surface area contributed by atoms with Crippen LogP contribution in [0.1, 0.15) is 20.3 Å². The zero-order valence-corrected chi connectivity index (χ0v) is 8.08. The summed E-state index contributed by atoms with van der Waals surface area (Å²) >= 11 is 0. The summed E-state index contributed by atoms with van der Waals surface area (Å²) in [6.07, 6.45) is 2.04. The molecule has 0 aliphatic carbocycles. The molecule has 0 saturated carbocycles. The van der Waals surface area contributed by atoms with Gasteiger partial charge in [0.25, 0.3) is 0 Å². The number of amides is 1. The van der Waals surface area contributed by atoms with Crippen LogP contribution in [0.2, 0.25) is 0 Å². The number of likely N-dealkylation sites (tertiary alicyclic amines) is 1. The van der Waals surface area contributed by atoms with Gasteiger partial charge in [0.05, 0.1) is 17.5 Å². The fourth-order valence-electron chi connectivity index (χ4n) is 1.71. The van der Waals surface area contributed by atoms with Crippen molar-refractivity contribution in [1.82, 2.24) is 4.90 Å². The number of carbonyl (C=O) groups excluding carboxylic acids is 1. The highest BCUT2D eigenvalue weighted by atomic mass is 16.2. The number of nitriles is 1. The van der Waals surface area contributed by atoms with Crippen LogP contribution in [0.15, 0.2) is 12.7 Å². The molecule has 0 N–H and O–H groups in total. The summed E-state index contributed by atoms with van der Waals surface area (Å²) in [7, 11) is 0. The van der Waals surface area contributed by atoms with Gasteiger partial charge in [-0.25, -0.2) is 0 Å². The maximum atomic E-state index is 11.5. The second-order valence-corrected chi connectivity index (χ2v) is 3.83. The van der Waals surface area contributed by atoms with Crippen LogP contribution in [-0.4, -0.2) is 22.9 Å². The lowest BCUT2D eigenvalue weighted by Gasteiger charge is -2.32. The lowest BCUT2D eigenvalue weighted by molar-refractivity contribution is -0.129. The molecule has 1 atom stereocenters. The molecule has 1 aliphatic heterocycles. The zero-order valence-electron chi connectivity index (χ0n) is 8.08. The van der Waals surface area contributed by atoms with Gasteiger partial charge in [0.1, 0.15) is 0 Å². The quantitative estimate of drug-likeness (QED) is 0.598. The maximum Gasteiger partial charge on any atom is 0.224 e. The number of rotatable bonds is 2. The van der Waals surface area contributed by atoms with E-state index in [2.05, 4.69) is 12.6 Å². The lowest BCUT2D eigenvalue weighted by atomic mass is 9.90. The SMILES string of the molecule is C=CCN1C(=O)CC(C#N)C1(C)C. The average molecular weight is 178 g/mol. The Morgan fingerprint density at radius 3 is 2.85 bits per heavy atom. The molecule has 0 aromatic carbocycles. The van der Waals surface area contributed by atoms with Crippen molar-refractivity contribution in [3.63, 3.8) is 0 Å². The predicted octanol–water partition coefficient (Wildman–Crippen LogP) is 1.32. The van der Waals surface area contributed by atoms with E-state index in [1.165, 1.54) is 0 Å². The second kappa shape index (κ2) is 3.21. The molecule has 1 unspecified atom stereocenters. The molecule has 0 aromatic heterocycles. The monoisotopic (exact) mass is 178 g/mol. The van der Waals surface area contributed by atoms with E-state index in [0.717, 1.165) is 0 Å². The van der Waals surface area contributed by atoms with E-state index < -0.39 is 0 Å². The highest BCUT2D eigenvalue weighted by Gasteiger charge is 2.45. The largest absolute Gasteiger partial charge is 0.332 e. The van der Waals surface area contributed by atoms with Crippen LogP contribution in [-0.2, 0) is 4.79 Å². The van der Waals surface area contributed by atoms with Crippen LogP contribution in [0.25, 0.3) is 0 Å². The molecule has 1 saturated heterocycles. The van der Waals surface area contributed by atoms with Gasteiger partial charge in [-0.15, -0.1) is 6.58 Å². The average Bonchev–Trinajstić information content (AvgIpc) is 2.28.